The molecule has 20 heavy (non-hydrogen) atoms. The molecule has 3 N–H and O–H groups in total. The maximum atomic E-state index is 11.8. The molecule has 1 rings (SSSR count). The van der Waals surface area contributed by atoms with Gasteiger partial charge in [-0.1, -0.05) is 13.0 Å². The van der Waals surface area contributed by atoms with Gasteiger partial charge in [0, 0.05) is 18.7 Å². The van der Waals surface area contributed by atoms with E-state index in [2.05, 4.69) is 15.4 Å². The highest BCUT2D eigenvalue weighted by Gasteiger charge is 2.15. The number of aryl methyl sites for hydroxylation is 1. The van der Waals surface area contributed by atoms with E-state index in [1.165, 1.54) is 13.1 Å². The van der Waals surface area contributed by atoms with Crippen LogP contribution >= 0.6 is 0 Å². The largest absolute Gasteiger partial charge is 0.326 e. The number of carbonyl (C=O) groups excluding carboxylic acids is 1. The molecule has 6 nitrogen and oxygen atoms in total. The second kappa shape index (κ2) is 7.37. The van der Waals surface area contributed by atoms with Gasteiger partial charge in [0.15, 0.2) is 0 Å². The highest BCUT2D eigenvalue weighted by atomic mass is 32.2. The summed E-state index contributed by atoms with van der Waals surface area (Å²) in [6, 6.07) is 4.83. The minimum Gasteiger partial charge on any atom is -0.326 e. The summed E-state index contributed by atoms with van der Waals surface area (Å²) in [4.78, 5) is 11.9. The molecule has 1 aromatic rings. The van der Waals surface area contributed by atoms with Gasteiger partial charge < -0.3 is 10.6 Å². The van der Waals surface area contributed by atoms with E-state index < -0.39 is 10.0 Å². The van der Waals surface area contributed by atoms with Crippen LogP contribution in [0.4, 0.5) is 5.69 Å². The van der Waals surface area contributed by atoms with Crippen molar-refractivity contribution in [3.8, 4) is 0 Å². The first kappa shape index (κ1) is 16.6. The minimum atomic E-state index is -3.52. The van der Waals surface area contributed by atoms with Gasteiger partial charge in [0.25, 0.3) is 0 Å². The van der Waals surface area contributed by atoms with E-state index in [1.54, 1.807) is 19.1 Å². The van der Waals surface area contributed by atoms with E-state index in [0.29, 0.717) is 24.2 Å². The third-order valence-electron chi connectivity index (χ3n) is 2.81. The molecule has 0 aromatic heterocycles. The van der Waals surface area contributed by atoms with Gasteiger partial charge in [0.05, 0.1) is 4.90 Å². The van der Waals surface area contributed by atoms with Crippen LogP contribution in [-0.2, 0) is 14.8 Å². The van der Waals surface area contributed by atoms with Crippen LogP contribution in [0.5, 0.6) is 0 Å². The van der Waals surface area contributed by atoms with Gasteiger partial charge in [-0.15, -0.1) is 0 Å². The molecule has 0 aliphatic rings. The Labute approximate surface area is 120 Å². The average molecular weight is 299 g/mol. The van der Waals surface area contributed by atoms with E-state index in [1.807, 2.05) is 6.92 Å². The zero-order valence-corrected chi connectivity index (χ0v) is 12.8. The van der Waals surface area contributed by atoms with Crippen molar-refractivity contribution in [1.82, 2.24) is 10.0 Å². The molecular formula is C13H21N3O3S. The Bertz CT molecular complexity index is 570. The summed E-state index contributed by atoms with van der Waals surface area (Å²) in [6.07, 6.45) is 0.343. The normalized spacial score (nSPS) is 11.3. The van der Waals surface area contributed by atoms with Gasteiger partial charge >= 0.3 is 0 Å². The van der Waals surface area contributed by atoms with Crippen LogP contribution in [0.3, 0.4) is 0 Å². The van der Waals surface area contributed by atoms with E-state index >= 15 is 0 Å². The SMILES string of the molecule is CCNCCC(=O)Nc1ccc(C)c(S(=O)(=O)NC)c1. The van der Waals surface area contributed by atoms with E-state index in [4.69, 9.17) is 0 Å². The number of nitrogens with one attached hydrogen (secondary N) is 3. The summed E-state index contributed by atoms with van der Waals surface area (Å²) < 4.78 is 25.9. The van der Waals surface area contributed by atoms with E-state index in [0.717, 1.165) is 6.54 Å². The van der Waals surface area contributed by atoms with Crippen LogP contribution in [0.25, 0.3) is 0 Å². The molecule has 0 atom stereocenters. The van der Waals surface area contributed by atoms with Crippen LogP contribution in [0.15, 0.2) is 23.1 Å². The molecule has 1 aromatic carbocycles. The Balaban J connectivity index is 2.83. The zero-order chi connectivity index (χ0) is 15.2. The molecule has 0 saturated heterocycles. The molecule has 0 saturated carbocycles. The molecule has 112 valence electrons. The fourth-order valence-corrected chi connectivity index (χ4v) is 2.67. The summed E-state index contributed by atoms with van der Waals surface area (Å²) in [7, 11) is -2.16. The van der Waals surface area contributed by atoms with Crippen molar-refractivity contribution in [1.29, 1.82) is 0 Å². The molecule has 0 aliphatic carbocycles. The van der Waals surface area contributed by atoms with Crippen molar-refractivity contribution in [2.75, 3.05) is 25.5 Å². The van der Waals surface area contributed by atoms with Gasteiger partial charge in [-0.3, -0.25) is 4.79 Å². The Morgan fingerprint density at radius 3 is 2.60 bits per heavy atom. The summed E-state index contributed by atoms with van der Waals surface area (Å²) in [5, 5.41) is 5.75. The maximum absolute atomic E-state index is 11.8. The Morgan fingerprint density at radius 2 is 2.00 bits per heavy atom. The Morgan fingerprint density at radius 1 is 1.30 bits per heavy atom. The number of rotatable bonds is 7. The number of hydrogen-bond donors (Lipinski definition) is 3. The molecule has 0 radical (unpaired) electrons. The lowest BCUT2D eigenvalue weighted by Gasteiger charge is -2.10. The smallest absolute Gasteiger partial charge is 0.240 e. The van der Waals surface area contributed by atoms with Crippen LogP contribution in [-0.4, -0.2) is 34.5 Å². The van der Waals surface area contributed by atoms with E-state index in [9.17, 15) is 13.2 Å². The third kappa shape index (κ3) is 4.59. The fourth-order valence-electron chi connectivity index (χ4n) is 1.68. The fraction of sp³-hybridized carbons (Fsp3) is 0.462. The molecule has 0 fully saturated rings. The van der Waals surface area contributed by atoms with Gasteiger partial charge in [-0.2, -0.15) is 0 Å². The number of amides is 1. The lowest BCUT2D eigenvalue weighted by molar-refractivity contribution is -0.116. The summed E-state index contributed by atoms with van der Waals surface area (Å²) in [6.45, 7) is 5.08. The summed E-state index contributed by atoms with van der Waals surface area (Å²) in [5.41, 5.74) is 1.11. The second-order valence-electron chi connectivity index (χ2n) is 4.34. The topological polar surface area (TPSA) is 87.3 Å². The first-order valence-electron chi connectivity index (χ1n) is 6.45. The van der Waals surface area contributed by atoms with Crippen molar-refractivity contribution in [2.45, 2.75) is 25.2 Å². The van der Waals surface area contributed by atoms with Crippen LogP contribution in [0, 0.1) is 6.92 Å². The highest BCUT2D eigenvalue weighted by molar-refractivity contribution is 7.89. The average Bonchev–Trinajstić information content (AvgIpc) is 2.41. The van der Waals surface area contributed by atoms with Crippen LogP contribution in [0.2, 0.25) is 0 Å². The quantitative estimate of drug-likeness (QED) is 0.651. The number of carbonyl (C=O) groups is 1. The first-order valence-corrected chi connectivity index (χ1v) is 7.93. The van der Waals surface area contributed by atoms with Gasteiger partial charge in [-0.25, -0.2) is 13.1 Å². The predicted molar refractivity (Wildman–Crippen MR) is 79.2 cm³/mol. The second-order valence-corrected chi connectivity index (χ2v) is 6.19. The standard InChI is InChI=1S/C13H21N3O3S/c1-4-15-8-7-13(17)16-11-6-5-10(2)12(9-11)20(18,19)14-3/h5-6,9,14-15H,4,7-8H2,1-3H3,(H,16,17). The number of hydrogen-bond acceptors (Lipinski definition) is 4. The van der Waals surface area contributed by atoms with Crippen LogP contribution < -0.4 is 15.4 Å². The lowest BCUT2D eigenvalue weighted by Crippen LogP contribution is -2.22. The van der Waals surface area contributed by atoms with Gasteiger partial charge in [-0.05, 0) is 38.2 Å². The monoisotopic (exact) mass is 299 g/mol. The van der Waals surface area contributed by atoms with Gasteiger partial charge in [0.1, 0.15) is 0 Å². The Kier molecular flexibility index (Phi) is 6.12. The van der Waals surface area contributed by atoms with Gasteiger partial charge in [0.2, 0.25) is 15.9 Å². The minimum absolute atomic E-state index is 0.150. The summed E-state index contributed by atoms with van der Waals surface area (Å²) in [5.74, 6) is -0.150. The predicted octanol–water partition coefficient (Wildman–Crippen LogP) is 0.841. The molecular weight excluding hydrogens is 278 g/mol. The summed E-state index contributed by atoms with van der Waals surface area (Å²) >= 11 is 0. The van der Waals surface area contributed by atoms with E-state index in [-0.39, 0.29) is 10.8 Å². The van der Waals surface area contributed by atoms with Crippen molar-refractivity contribution < 1.29 is 13.2 Å². The Hall–Kier alpha value is -1.44. The van der Waals surface area contributed by atoms with Crippen molar-refractivity contribution in [3.63, 3.8) is 0 Å². The molecule has 0 heterocycles. The third-order valence-corrected chi connectivity index (χ3v) is 4.37. The lowest BCUT2D eigenvalue weighted by atomic mass is 10.2. The number of anilines is 1. The maximum Gasteiger partial charge on any atom is 0.240 e. The van der Waals surface area contributed by atoms with Crippen LogP contribution in [0.1, 0.15) is 18.9 Å². The highest BCUT2D eigenvalue weighted by Crippen LogP contribution is 2.19. The molecule has 0 bridgehead atoms. The molecule has 0 aliphatic heterocycles. The molecule has 7 heteroatoms. The molecule has 1 amide bonds. The zero-order valence-electron chi connectivity index (χ0n) is 12.0. The molecule has 0 spiro atoms. The number of sulfonamides is 1. The van der Waals surface area contributed by atoms with Crippen molar-refractivity contribution >= 4 is 21.6 Å². The first-order chi connectivity index (χ1) is 9.40. The van der Waals surface area contributed by atoms with Crippen molar-refractivity contribution in [3.05, 3.63) is 23.8 Å². The number of benzene rings is 1. The van der Waals surface area contributed by atoms with Crippen molar-refractivity contribution in [2.24, 2.45) is 0 Å². The molecule has 0 unspecified atom stereocenters.